The second-order valence-corrected chi connectivity index (χ2v) is 9.46. The highest BCUT2D eigenvalue weighted by molar-refractivity contribution is 6.25. The van der Waals surface area contributed by atoms with Crippen LogP contribution in [0.15, 0.2) is 35.2 Å². The summed E-state index contributed by atoms with van der Waals surface area (Å²) in [5.41, 5.74) is -0.157. The molecule has 1 saturated heterocycles. The Morgan fingerprint density at radius 3 is 2.38 bits per heavy atom. The van der Waals surface area contributed by atoms with Gasteiger partial charge in [0, 0.05) is 35.2 Å². The highest BCUT2D eigenvalue weighted by Gasteiger charge is 2.57. The minimum atomic E-state index is -1.69. The van der Waals surface area contributed by atoms with E-state index in [0.717, 1.165) is 0 Å². The number of ether oxygens (including phenoxy) is 4. The van der Waals surface area contributed by atoms with E-state index in [1.165, 1.54) is 46.3 Å². The van der Waals surface area contributed by atoms with E-state index in [-0.39, 0.29) is 35.3 Å². The van der Waals surface area contributed by atoms with E-state index in [9.17, 15) is 19.2 Å². The van der Waals surface area contributed by atoms with Crippen molar-refractivity contribution < 1.29 is 38.1 Å². The van der Waals surface area contributed by atoms with E-state index >= 15 is 0 Å². The van der Waals surface area contributed by atoms with Crippen molar-refractivity contribution in [3.8, 4) is 17.2 Å². The summed E-state index contributed by atoms with van der Waals surface area (Å²) in [6, 6.07) is 3.41. The first-order valence-corrected chi connectivity index (χ1v) is 11.7. The maximum Gasteiger partial charge on any atom is 0.339 e. The van der Waals surface area contributed by atoms with Crippen molar-refractivity contribution in [1.82, 2.24) is 15.2 Å². The first kappa shape index (κ1) is 24.4. The van der Waals surface area contributed by atoms with Crippen LogP contribution in [0.2, 0.25) is 0 Å². The largest absolute Gasteiger partial charge is 0.493 e. The Morgan fingerprint density at radius 1 is 1.05 bits per heavy atom. The number of hydrogen-bond donors (Lipinski definition) is 2. The fourth-order valence-corrected chi connectivity index (χ4v) is 5.57. The minimum Gasteiger partial charge on any atom is -0.493 e. The molecule has 1 fully saturated rings. The fourth-order valence-electron chi connectivity index (χ4n) is 5.57. The molecule has 11 heteroatoms. The molecule has 194 valence electrons. The molecule has 2 aliphatic heterocycles. The predicted molar refractivity (Wildman–Crippen MR) is 130 cm³/mol. The molecule has 0 spiro atoms. The second-order valence-electron chi connectivity index (χ2n) is 9.46. The zero-order chi connectivity index (χ0) is 26.8. The van der Waals surface area contributed by atoms with Gasteiger partial charge in [-0.1, -0.05) is 6.92 Å². The molecule has 2 aromatic rings. The van der Waals surface area contributed by atoms with Crippen LogP contribution in [0.1, 0.15) is 24.3 Å². The fraction of sp³-hybridized carbons (Fsp3) is 0.385. The third-order valence-electron chi connectivity index (χ3n) is 7.34. The molecule has 37 heavy (non-hydrogen) atoms. The third-order valence-corrected chi connectivity index (χ3v) is 7.34. The molecule has 3 heterocycles. The number of nitrogens with one attached hydrogen (secondary N) is 2. The van der Waals surface area contributed by atoms with Gasteiger partial charge < -0.3 is 34.1 Å². The van der Waals surface area contributed by atoms with Crippen molar-refractivity contribution in [3.05, 3.63) is 40.9 Å². The molecule has 1 unspecified atom stereocenters. The Morgan fingerprint density at radius 2 is 1.76 bits per heavy atom. The highest BCUT2D eigenvalue weighted by Crippen LogP contribution is 2.47. The maximum atomic E-state index is 13.7. The lowest BCUT2D eigenvalue weighted by molar-refractivity contribution is -0.150. The van der Waals surface area contributed by atoms with Gasteiger partial charge in [-0.3, -0.25) is 14.4 Å². The Bertz CT molecular complexity index is 1450. The van der Waals surface area contributed by atoms with Gasteiger partial charge in [0.25, 0.3) is 5.91 Å². The van der Waals surface area contributed by atoms with Crippen molar-refractivity contribution in [2.24, 2.45) is 11.8 Å². The zero-order valence-electron chi connectivity index (χ0n) is 21.3. The quantitative estimate of drug-likeness (QED) is 0.456. The molecule has 11 nitrogen and oxygen atoms in total. The lowest BCUT2D eigenvalue weighted by Crippen LogP contribution is -2.52. The summed E-state index contributed by atoms with van der Waals surface area (Å²) in [5.74, 6) is -1.64. The van der Waals surface area contributed by atoms with Crippen LogP contribution in [0.25, 0.3) is 10.9 Å². The molecule has 3 atom stereocenters. The number of carbonyl (C=O) groups excluding carboxylic acids is 4. The van der Waals surface area contributed by atoms with Gasteiger partial charge >= 0.3 is 5.97 Å². The average Bonchev–Trinajstić information content (AvgIpc) is 3.54. The zero-order valence-corrected chi connectivity index (χ0v) is 21.3. The van der Waals surface area contributed by atoms with E-state index in [4.69, 9.17) is 18.9 Å². The molecule has 3 aliphatic rings. The van der Waals surface area contributed by atoms with Gasteiger partial charge in [-0.25, -0.2) is 4.79 Å². The molecule has 5 rings (SSSR count). The van der Waals surface area contributed by atoms with Crippen LogP contribution in [0.3, 0.4) is 0 Å². The topological polar surface area (TPSA) is 136 Å². The first-order chi connectivity index (χ1) is 17.6. The molecule has 0 saturated carbocycles. The summed E-state index contributed by atoms with van der Waals surface area (Å²) in [6.45, 7) is 3.58. The molecule has 0 bridgehead atoms. The summed E-state index contributed by atoms with van der Waals surface area (Å²) in [7, 11) is 5.68. The van der Waals surface area contributed by atoms with Crippen LogP contribution in [0.5, 0.6) is 17.2 Å². The highest BCUT2D eigenvalue weighted by atomic mass is 16.5. The van der Waals surface area contributed by atoms with Crippen LogP contribution in [-0.4, -0.2) is 73.8 Å². The third kappa shape index (κ3) is 3.26. The minimum absolute atomic E-state index is 0.0855. The number of aromatic nitrogens is 1. The van der Waals surface area contributed by atoms with E-state index in [0.29, 0.717) is 33.8 Å². The lowest BCUT2D eigenvalue weighted by atomic mass is 9.79. The summed E-state index contributed by atoms with van der Waals surface area (Å²) >= 11 is 0. The van der Waals surface area contributed by atoms with Crippen molar-refractivity contribution in [2.75, 3.05) is 35.0 Å². The van der Waals surface area contributed by atoms with Crippen molar-refractivity contribution in [2.45, 2.75) is 19.4 Å². The summed E-state index contributed by atoms with van der Waals surface area (Å²) in [5, 5.41) is 3.47. The van der Waals surface area contributed by atoms with Crippen LogP contribution < -0.4 is 19.5 Å². The molecule has 1 amide bonds. The molecule has 1 aliphatic carbocycles. The monoisotopic (exact) mass is 509 g/mol. The van der Waals surface area contributed by atoms with E-state index in [1.807, 2.05) is 6.92 Å². The molecule has 0 radical (unpaired) electrons. The molecular formula is C26H27N3O8. The first-order valence-electron chi connectivity index (χ1n) is 11.7. The summed E-state index contributed by atoms with van der Waals surface area (Å²) < 4.78 is 21.2. The van der Waals surface area contributed by atoms with E-state index in [2.05, 4.69) is 10.3 Å². The number of hydrogen-bond acceptors (Lipinski definition) is 9. The number of carbonyl (C=O) groups is 4. The number of H-pyrrole nitrogens is 1. The van der Waals surface area contributed by atoms with Crippen molar-refractivity contribution in [3.63, 3.8) is 0 Å². The van der Waals surface area contributed by atoms with Gasteiger partial charge in [0.05, 0.1) is 39.7 Å². The van der Waals surface area contributed by atoms with Gasteiger partial charge in [0.15, 0.2) is 22.8 Å². The molecule has 1 aromatic heterocycles. The summed E-state index contributed by atoms with van der Waals surface area (Å²) in [4.78, 5) is 57.2. The number of methoxy groups -OCH3 is 4. The molecule has 1 aromatic carbocycles. The van der Waals surface area contributed by atoms with Crippen LogP contribution >= 0.6 is 0 Å². The van der Waals surface area contributed by atoms with Crippen molar-refractivity contribution in [1.29, 1.82) is 0 Å². The van der Waals surface area contributed by atoms with E-state index in [1.54, 1.807) is 12.1 Å². The van der Waals surface area contributed by atoms with Crippen molar-refractivity contribution >= 4 is 34.3 Å². The van der Waals surface area contributed by atoms with Gasteiger partial charge in [0.1, 0.15) is 5.69 Å². The number of Topliss-reactive ketones (excluding diaryl/α,β-unsaturated/α-hetero) is 1. The normalized spacial score (nSPS) is 24.5. The number of esters is 1. The van der Waals surface area contributed by atoms with Gasteiger partial charge in [-0.05, 0) is 25.0 Å². The molecular weight excluding hydrogens is 482 g/mol. The Balaban J connectivity index is 1.53. The average molecular weight is 510 g/mol. The Labute approximate surface area is 212 Å². The number of amides is 1. The maximum absolute atomic E-state index is 13.7. The molecule has 2 N–H and O–H groups in total. The number of aromatic amines is 1. The summed E-state index contributed by atoms with van der Waals surface area (Å²) in [6.07, 6.45) is 1.36. The second kappa shape index (κ2) is 8.39. The van der Waals surface area contributed by atoms with Gasteiger partial charge in [-0.15, -0.1) is 0 Å². The predicted octanol–water partition coefficient (Wildman–Crippen LogP) is 1.73. The number of likely N-dealkylation sites (tertiary alicyclic amines) is 1. The van der Waals surface area contributed by atoms with Crippen LogP contribution in [-0.2, 0) is 19.1 Å². The number of fused-ring (bicyclic) bond motifs is 3. The number of benzene rings is 1. The lowest BCUT2D eigenvalue weighted by Gasteiger charge is -2.24. The Hall–Kier alpha value is -4.28. The smallest absolute Gasteiger partial charge is 0.339 e. The number of ketones is 2. The van der Waals surface area contributed by atoms with E-state index < -0.39 is 29.0 Å². The Kier molecular flexibility index (Phi) is 5.54. The standard InChI is InChI=1S/C26H27N3O8/c1-11-10-29(14-9-15(30)20-18(17(11)14)23(31)26(2,28-20)25(33)37-6)24(32)13-7-12-8-16(34-3)21(35-4)22(36-5)19(12)27-13/h7-9,11,17,27-28H,10H2,1-6H3/t11-,17?,26-/m1/s1. The van der Waals surface area contributed by atoms with Crippen LogP contribution in [0, 0.1) is 11.8 Å². The van der Waals surface area contributed by atoms with Gasteiger partial charge in [0.2, 0.25) is 11.5 Å². The number of rotatable bonds is 5. The number of allylic oxidation sites excluding steroid dienone is 2. The SMILES string of the molecule is COC(=O)[C@]1(C)NC2=C(C1=O)C1C(=CC2=O)N(C(=O)c2cc3cc(OC)c(OC)c(OC)c3[nH]2)C[C@H]1C. The number of nitrogens with zero attached hydrogens (tertiary/aromatic N) is 1. The van der Waals surface area contributed by atoms with Crippen LogP contribution in [0.4, 0.5) is 0 Å². The van der Waals surface area contributed by atoms with Gasteiger partial charge in [-0.2, -0.15) is 0 Å².